The molecule has 0 saturated carbocycles. The van der Waals surface area contributed by atoms with Gasteiger partial charge < -0.3 is 18.9 Å². The molecule has 1 amide bonds. The van der Waals surface area contributed by atoms with Crippen LogP contribution in [-0.4, -0.2) is 44.9 Å². The Hall–Kier alpha value is -2.62. The lowest BCUT2D eigenvalue weighted by molar-refractivity contribution is 0.0730. The van der Waals surface area contributed by atoms with Crippen LogP contribution in [0.15, 0.2) is 50.3 Å². The van der Waals surface area contributed by atoms with Crippen LogP contribution in [0, 0.1) is 6.92 Å². The maximum Gasteiger partial charge on any atom is 0.287 e. The summed E-state index contributed by atoms with van der Waals surface area (Å²) in [6.45, 7) is 3.38. The van der Waals surface area contributed by atoms with Crippen molar-refractivity contribution >= 4 is 26.9 Å². The van der Waals surface area contributed by atoms with Crippen LogP contribution in [0.5, 0.6) is 0 Å². The lowest BCUT2D eigenvalue weighted by atomic mass is 10.1. The second-order valence-corrected chi connectivity index (χ2v) is 8.43. The smallest absolute Gasteiger partial charge is 0.287 e. The number of hydrogen-bond donors (Lipinski definition) is 1. The quantitative estimate of drug-likeness (QED) is 0.700. The number of benzene rings is 1. The number of fused-ring (bicyclic) bond motifs is 1. The molecule has 1 aliphatic heterocycles. The molecule has 1 N–H and O–H groups in total. The van der Waals surface area contributed by atoms with Crippen LogP contribution in [0.4, 0.5) is 0 Å². The minimum absolute atomic E-state index is 0.155. The number of nitrogens with one attached hydrogen (secondary N) is 1. The summed E-state index contributed by atoms with van der Waals surface area (Å²) in [5.74, 6) is 0.395. The molecule has 9 heteroatoms. The van der Waals surface area contributed by atoms with E-state index in [9.17, 15) is 13.2 Å². The van der Waals surface area contributed by atoms with Crippen molar-refractivity contribution in [1.82, 2.24) is 9.62 Å². The highest BCUT2D eigenvalue weighted by molar-refractivity contribution is 7.89. The number of aryl methyl sites for hydroxylation is 1. The monoisotopic (exact) mass is 404 g/mol. The molecule has 4 rings (SSSR count). The van der Waals surface area contributed by atoms with Gasteiger partial charge in [0.1, 0.15) is 11.3 Å². The lowest BCUT2D eigenvalue weighted by Gasteiger charge is -2.26. The lowest BCUT2D eigenvalue weighted by Crippen LogP contribution is -2.40. The van der Waals surface area contributed by atoms with Gasteiger partial charge in [-0.05, 0) is 37.3 Å². The van der Waals surface area contributed by atoms with Crippen molar-refractivity contribution in [3.05, 3.63) is 53.7 Å². The van der Waals surface area contributed by atoms with Crippen LogP contribution >= 0.6 is 0 Å². The Kier molecular flexibility index (Phi) is 4.96. The van der Waals surface area contributed by atoms with Crippen LogP contribution < -0.4 is 5.32 Å². The van der Waals surface area contributed by atoms with E-state index in [0.29, 0.717) is 48.6 Å². The fourth-order valence-electron chi connectivity index (χ4n) is 3.17. The molecule has 28 heavy (non-hydrogen) atoms. The molecule has 0 atom stereocenters. The molecule has 3 aromatic rings. The van der Waals surface area contributed by atoms with E-state index in [1.807, 2.05) is 0 Å². The van der Waals surface area contributed by atoms with Gasteiger partial charge in [-0.15, -0.1) is 0 Å². The van der Waals surface area contributed by atoms with Gasteiger partial charge in [0.05, 0.1) is 30.9 Å². The zero-order valence-corrected chi connectivity index (χ0v) is 16.1. The summed E-state index contributed by atoms with van der Waals surface area (Å²) in [6.07, 6.45) is 1.53. The molecule has 0 aliphatic carbocycles. The molecule has 0 spiro atoms. The molecule has 1 fully saturated rings. The van der Waals surface area contributed by atoms with Gasteiger partial charge in [0.15, 0.2) is 5.76 Å². The predicted molar refractivity (Wildman–Crippen MR) is 100 cm³/mol. The third kappa shape index (κ3) is 3.44. The molecule has 148 valence electrons. The van der Waals surface area contributed by atoms with Gasteiger partial charge >= 0.3 is 0 Å². The summed E-state index contributed by atoms with van der Waals surface area (Å²) in [7, 11) is -3.62. The molecule has 0 bridgehead atoms. The van der Waals surface area contributed by atoms with Crippen molar-refractivity contribution < 1.29 is 26.8 Å². The molecule has 2 aromatic heterocycles. The van der Waals surface area contributed by atoms with E-state index in [1.165, 1.54) is 16.6 Å². The Bertz CT molecular complexity index is 1100. The molecular formula is C19H20N2O6S. The Labute approximate surface area is 162 Å². The zero-order chi connectivity index (χ0) is 19.7. The SMILES string of the molecule is Cc1c(C(=O)NCc2ccco2)oc2ccc(S(=O)(=O)N3CCOCC3)cc12. The van der Waals surface area contributed by atoms with Crippen LogP contribution in [0.2, 0.25) is 0 Å². The Balaban J connectivity index is 1.61. The van der Waals surface area contributed by atoms with Crippen molar-refractivity contribution in [2.24, 2.45) is 0 Å². The van der Waals surface area contributed by atoms with Gasteiger partial charge in [-0.3, -0.25) is 4.79 Å². The van der Waals surface area contributed by atoms with Gasteiger partial charge in [0.2, 0.25) is 10.0 Å². The normalized spacial score (nSPS) is 15.8. The number of morpholine rings is 1. The highest BCUT2D eigenvalue weighted by atomic mass is 32.2. The molecule has 0 unspecified atom stereocenters. The summed E-state index contributed by atoms with van der Waals surface area (Å²) >= 11 is 0. The van der Waals surface area contributed by atoms with Crippen molar-refractivity contribution in [3.63, 3.8) is 0 Å². The van der Waals surface area contributed by atoms with E-state index in [0.717, 1.165) is 0 Å². The standard InChI is InChI=1S/C19H20N2O6S/c1-13-16-11-15(28(23,24)21-6-9-25-10-7-21)4-5-17(16)27-18(13)19(22)20-12-14-3-2-8-26-14/h2-5,8,11H,6-7,9-10,12H2,1H3,(H,20,22). The first-order valence-corrected chi connectivity index (χ1v) is 10.3. The highest BCUT2D eigenvalue weighted by Crippen LogP contribution is 2.29. The Morgan fingerprint density at radius 2 is 2.00 bits per heavy atom. The van der Waals surface area contributed by atoms with E-state index < -0.39 is 10.0 Å². The van der Waals surface area contributed by atoms with Crippen LogP contribution in [-0.2, 0) is 21.3 Å². The Morgan fingerprint density at radius 1 is 1.21 bits per heavy atom. The molecule has 8 nitrogen and oxygen atoms in total. The number of ether oxygens (including phenoxy) is 1. The number of sulfonamides is 1. The van der Waals surface area contributed by atoms with Crippen molar-refractivity contribution in [1.29, 1.82) is 0 Å². The van der Waals surface area contributed by atoms with Gasteiger partial charge in [0.25, 0.3) is 5.91 Å². The van der Waals surface area contributed by atoms with Crippen LogP contribution in [0.1, 0.15) is 21.9 Å². The average Bonchev–Trinajstić information content (AvgIpc) is 3.35. The predicted octanol–water partition coefficient (Wildman–Crippen LogP) is 2.29. The van der Waals surface area contributed by atoms with E-state index in [1.54, 1.807) is 31.2 Å². The van der Waals surface area contributed by atoms with E-state index >= 15 is 0 Å². The van der Waals surface area contributed by atoms with E-state index in [-0.39, 0.29) is 23.1 Å². The maximum absolute atomic E-state index is 12.9. The zero-order valence-electron chi connectivity index (χ0n) is 15.3. The number of rotatable bonds is 5. The third-order valence-electron chi connectivity index (χ3n) is 4.72. The molecule has 0 radical (unpaired) electrons. The third-order valence-corrected chi connectivity index (χ3v) is 6.62. The first-order valence-electron chi connectivity index (χ1n) is 8.88. The molecule has 3 heterocycles. The van der Waals surface area contributed by atoms with Crippen molar-refractivity contribution in [2.75, 3.05) is 26.3 Å². The largest absolute Gasteiger partial charge is 0.467 e. The second kappa shape index (κ2) is 7.42. The van der Waals surface area contributed by atoms with Crippen molar-refractivity contribution in [3.8, 4) is 0 Å². The molecule has 1 aliphatic rings. The van der Waals surface area contributed by atoms with Gasteiger partial charge in [-0.2, -0.15) is 4.31 Å². The van der Waals surface area contributed by atoms with Crippen LogP contribution in [0.25, 0.3) is 11.0 Å². The molecule has 1 aromatic carbocycles. The number of hydrogen-bond acceptors (Lipinski definition) is 6. The van der Waals surface area contributed by atoms with Crippen molar-refractivity contribution in [2.45, 2.75) is 18.4 Å². The summed E-state index contributed by atoms with van der Waals surface area (Å²) in [5.41, 5.74) is 1.05. The fraction of sp³-hybridized carbons (Fsp3) is 0.316. The van der Waals surface area contributed by atoms with Crippen LogP contribution in [0.3, 0.4) is 0 Å². The Morgan fingerprint density at radius 3 is 2.71 bits per heavy atom. The van der Waals surface area contributed by atoms with E-state index in [2.05, 4.69) is 5.32 Å². The summed E-state index contributed by atoms with van der Waals surface area (Å²) < 4.78 is 43.2. The second-order valence-electron chi connectivity index (χ2n) is 6.49. The minimum atomic E-state index is -3.62. The summed E-state index contributed by atoms with van der Waals surface area (Å²) in [6, 6.07) is 8.14. The fourth-order valence-corrected chi connectivity index (χ4v) is 4.61. The van der Waals surface area contributed by atoms with Gasteiger partial charge in [0, 0.05) is 24.0 Å². The summed E-state index contributed by atoms with van der Waals surface area (Å²) in [5, 5.41) is 3.33. The van der Waals surface area contributed by atoms with E-state index in [4.69, 9.17) is 13.6 Å². The van der Waals surface area contributed by atoms with Gasteiger partial charge in [-0.25, -0.2) is 8.42 Å². The number of carbonyl (C=O) groups excluding carboxylic acids is 1. The minimum Gasteiger partial charge on any atom is -0.467 e. The molecular weight excluding hydrogens is 384 g/mol. The first-order chi connectivity index (χ1) is 13.5. The average molecular weight is 404 g/mol. The summed E-state index contributed by atoms with van der Waals surface area (Å²) in [4.78, 5) is 12.6. The maximum atomic E-state index is 12.9. The number of amides is 1. The van der Waals surface area contributed by atoms with Gasteiger partial charge in [-0.1, -0.05) is 0 Å². The number of nitrogens with zero attached hydrogens (tertiary/aromatic N) is 1. The number of carbonyl (C=O) groups is 1. The first kappa shape index (κ1) is 18.7. The highest BCUT2D eigenvalue weighted by Gasteiger charge is 2.27. The molecule has 1 saturated heterocycles. The number of furan rings is 2. The topological polar surface area (TPSA) is 102 Å².